The topological polar surface area (TPSA) is 32.8 Å². The van der Waals surface area contributed by atoms with Gasteiger partial charge in [-0.15, -0.1) is 0 Å². The Balaban J connectivity index is 1.84. The Hall–Kier alpha value is -1.55. The quantitative estimate of drug-likeness (QED) is 0.837. The highest BCUT2D eigenvalue weighted by atomic mass is 16.5. The maximum absolute atomic E-state index is 12.5. The zero-order valence-electron chi connectivity index (χ0n) is 15.6. The highest BCUT2D eigenvalue weighted by Crippen LogP contribution is 2.56. The monoisotopic (exact) mass is 330 g/mol. The van der Waals surface area contributed by atoms with E-state index in [1.165, 1.54) is 25.5 Å². The van der Waals surface area contributed by atoms with Crippen molar-refractivity contribution in [2.24, 2.45) is 5.41 Å². The molecular formula is C20H30N2O2. The van der Waals surface area contributed by atoms with Crippen molar-refractivity contribution in [1.82, 2.24) is 9.80 Å². The molecule has 132 valence electrons. The van der Waals surface area contributed by atoms with Crippen LogP contribution in [0.2, 0.25) is 0 Å². The van der Waals surface area contributed by atoms with Crippen molar-refractivity contribution in [2.75, 3.05) is 20.2 Å². The Labute approximate surface area is 145 Å². The summed E-state index contributed by atoms with van der Waals surface area (Å²) < 4.78 is 5.12. The van der Waals surface area contributed by atoms with E-state index in [9.17, 15) is 4.79 Å². The van der Waals surface area contributed by atoms with Crippen molar-refractivity contribution in [2.45, 2.75) is 58.2 Å². The molecule has 24 heavy (non-hydrogen) atoms. The molecule has 0 bridgehead atoms. The first-order valence-electron chi connectivity index (χ1n) is 8.95. The van der Waals surface area contributed by atoms with E-state index in [1.807, 2.05) is 4.90 Å². The van der Waals surface area contributed by atoms with E-state index in [4.69, 9.17) is 4.74 Å². The summed E-state index contributed by atoms with van der Waals surface area (Å²) >= 11 is 0. The third-order valence-corrected chi connectivity index (χ3v) is 5.76. The van der Waals surface area contributed by atoms with Crippen molar-refractivity contribution in [3.05, 3.63) is 35.9 Å². The van der Waals surface area contributed by atoms with Gasteiger partial charge in [-0.1, -0.05) is 30.3 Å². The lowest BCUT2D eigenvalue weighted by atomic mass is 9.94. The first-order valence-corrected chi connectivity index (χ1v) is 8.95. The Morgan fingerprint density at radius 3 is 2.42 bits per heavy atom. The normalized spacial score (nSPS) is 24.0. The number of rotatable bonds is 3. The maximum atomic E-state index is 12.5. The van der Waals surface area contributed by atoms with Gasteiger partial charge in [-0.3, -0.25) is 9.80 Å². The summed E-state index contributed by atoms with van der Waals surface area (Å²) in [7, 11) is 1.49. The van der Waals surface area contributed by atoms with Gasteiger partial charge in [0, 0.05) is 30.1 Å². The lowest BCUT2D eigenvalue weighted by Gasteiger charge is -2.41. The number of amides is 1. The summed E-state index contributed by atoms with van der Waals surface area (Å²) in [6.45, 7) is 10.6. The number of benzene rings is 1. The fraction of sp³-hybridized carbons (Fsp3) is 0.650. The molecule has 0 aromatic heterocycles. The standard InChI is InChI=1S/C20H30N2O2/c1-15(16-9-7-6-8-10-16)21-13-17(20(14-21)11-12-20)22(18(23)24-5)19(2,3)4/h6-10,15,17H,11-14H2,1-5H3. The molecule has 4 heteroatoms. The van der Waals surface area contributed by atoms with Crippen molar-refractivity contribution in [3.63, 3.8) is 0 Å². The summed E-state index contributed by atoms with van der Waals surface area (Å²) in [5, 5.41) is 0. The second-order valence-electron chi connectivity index (χ2n) is 8.41. The first kappa shape index (κ1) is 17.3. The van der Waals surface area contributed by atoms with Crippen LogP contribution in [0.4, 0.5) is 4.79 Å². The molecule has 1 aromatic rings. The van der Waals surface area contributed by atoms with Crippen LogP contribution < -0.4 is 0 Å². The number of methoxy groups -OCH3 is 1. The summed E-state index contributed by atoms with van der Waals surface area (Å²) in [5.41, 5.74) is 1.36. The molecule has 1 aromatic carbocycles. The van der Waals surface area contributed by atoms with Crippen LogP contribution >= 0.6 is 0 Å². The molecule has 3 rings (SSSR count). The third kappa shape index (κ3) is 3.04. The average molecular weight is 330 g/mol. The largest absolute Gasteiger partial charge is 0.453 e. The zero-order chi connectivity index (χ0) is 17.5. The molecule has 2 fully saturated rings. The molecule has 2 unspecified atom stereocenters. The van der Waals surface area contributed by atoms with E-state index in [1.54, 1.807) is 0 Å². The minimum Gasteiger partial charge on any atom is -0.453 e. The second kappa shape index (κ2) is 6.07. The average Bonchev–Trinajstić information content (AvgIpc) is 3.23. The molecule has 1 saturated heterocycles. The number of hydrogen-bond acceptors (Lipinski definition) is 3. The molecule has 1 spiro atoms. The van der Waals surface area contributed by atoms with E-state index in [0.717, 1.165) is 13.1 Å². The third-order valence-electron chi connectivity index (χ3n) is 5.76. The number of carbonyl (C=O) groups is 1. The lowest BCUT2D eigenvalue weighted by molar-refractivity contribution is 0.0437. The van der Waals surface area contributed by atoms with Crippen LogP contribution in [0.5, 0.6) is 0 Å². The van der Waals surface area contributed by atoms with Crippen molar-refractivity contribution in [3.8, 4) is 0 Å². The molecule has 1 aliphatic carbocycles. The van der Waals surface area contributed by atoms with E-state index >= 15 is 0 Å². The molecule has 2 aliphatic rings. The van der Waals surface area contributed by atoms with Crippen LogP contribution in [0, 0.1) is 5.41 Å². The minimum absolute atomic E-state index is 0.201. The molecule has 0 N–H and O–H groups in total. The van der Waals surface area contributed by atoms with E-state index in [-0.39, 0.29) is 23.1 Å². The predicted molar refractivity (Wildman–Crippen MR) is 95.9 cm³/mol. The van der Waals surface area contributed by atoms with Crippen LogP contribution in [0.1, 0.15) is 52.1 Å². The first-order chi connectivity index (χ1) is 11.3. The Morgan fingerprint density at radius 1 is 1.29 bits per heavy atom. The molecule has 1 heterocycles. The van der Waals surface area contributed by atoms with Crippen LogP contribution in [-0.2, 0) is 4.74 Å². The molecule has 1 saturated carbocycles. The molecule has 4 nitrogen and oxygen atoms in total. The van der Waals surface area contributed by atoms with Gasteiger partial charge in [0.2, 0.25) is 0 Å². The minimum atomic E-state index is -0.237. The molecule has 1 amide bonds. The molecule has 0 radical (unpaired) electrons. The molecule has 1 aliphatic heterocycles. The van der Waals surface area contributed by atoms with Gasteiger partial charge in [-0.05, 0) is 46.1 Å². The Bertz CT molecular complexity index is 589. The fourth-order valence-electron chi connectivity index (χ4n) is 4.20. The van der Waals surface area contributed by atoms with Gasteiger partial charge in [-0.25, -0.2) is 4.79 Å². The number of likely N-dealkylation sites (tertiary alicyclic amines) is 1. The van der Waals surface area contributed by atoms with Crippen LogP contribution in [0.25, 0.3) is 0 Å². The van der Waals surface area contributed by atoms with E-state index < -0.39 is 0 Å². The van der Waals surface area contributed by atoms with Gasteiger partial charge in [-0.2, -0.15) is 0 Å². The van der Waals surface area contributed by atoms with Gasteiger partial charge in [0.05, 0.1) is 13.2 Å². The summed E-state index contributed by atoms with van der Waals surface area (Å²) in [6, 6.07) is 11.2. The highest BCUT2D eigenvalue weighted by molar-refractivity contribution is 5.69. The van der Waals surface area contributed by atoms with Crippen LogP contribution in [0.3, 0.4) is 0 Å². The lowest BCUT2D eigenvalue weighted by Crippen LogP contribution is -2.55. The van der Waals surface area contributed by atoms with Gasteiger partial charge >= 0.3 is 6.09 Å². The number of hydrogen-bond donors (Lipinski definition) is 0. The second-order valence-corrected chi connectivity index (χ2v) is 8.41. The number of carbonyl (C=O) groups excluding carboxylic acids is 1. The van der Waals surface area contributed by atoms with E-state index in [0.29, 0.717) is 6.04 Å². The SMILES string of the molecule is COC(=O)N(C1CN(C(C)c2ccccc2)CC12CC2)C(C)(C)C. The summed E-state index contributed by atoms with van der Waals surface area (Å²) in [4.78, 5) is 17.0. The smallest absolute Gasteiger partial charge is 0.410 e. The number of nitrogens with zero attached hydrogens (tertiary/aromatic N) is 2. The van der Waals surface area contributed by atoms with Gasteiger partial charge < -0.3 is 4.74 Å². The summed E-state index contributed by atoms with van der Waals surface area (Å²) in [6.07, 6.45) is 2.21. The predicted octanol–water partition coefficient (Wildman–Crippen LogP) is 4.08. The van der Waals surface area contributed by atoms with Crippen molar-refractivity contribution >= 4 is 6.09 Å². The van der Waals surface area contributed by atoms with Gasteiger partial charge in [0.25, 0.3) is 0 Å². The number of ether oxygens (including phenoxy) is 1. The zero-order valence-corrected chi connectivity index (χ0v) is 15.6. The summed E-state index contributed by atoms with van der Waals surface area (Å²) in [5.74, 6) is 0. The van der Waals surface area contributed by atoms with Crippen LogP contribution in [0.15, 0.2) is 30.3 Å². The Morgan fingerprint density at radius 2 is 1.92 bits per heavy atom. The van der Waals surface area contributed by atoms with E-state index in [2.05, 4.69) is 62.9 Å². The Kier molecular flexibility index (Phi) is 4.37. The van der Waals surface area contributed by atoms with Crippen molar-refractivity contribution < 1.29 is 9.53 Å². The van der Waals surface area contributed by atoms with Crippen molar-refractivity contribution in [1.29, 1.82) is 0 Å². The molecule has 2 atom stereocenters. The highest BCUT2D eigenvalue weighted by Gasteiger charge is 2.60. The molecular weight excluding hydrogens is 300 g/mol. The van der Waals surface area contributed by atoms with Crippen LogP contribution in [-0.4, -0.2) is 47.7 Å². The van der Waals surface area contributed by atoms with Gasteiger partial charge in [0.15, 0.2) is 0 Å². The fourth-order valence-corrected chi connectivity index (χ4v) is 4.20. The maximum Gasteiger partial charge on any atom is 0.410 e. The van der Waals surface area contributed by atoms with Gasteiger partial charge in [0.1, 0.15) is 0 Å².